The van der Waals surface area contributed by atoms with Crippen molar-refractivity contribution in [3.63, 3.8) is 0 Å². The van der Waals surface area contributed by atoms with E-state index in [1.165, 1.54) is 6.08 Å². The number of piperidine rings is 1. The Morgan fingerprint density at radius 2 is 2.00 bits per heavy atom. The number of benzene rings is 1. The number of amides is 1. The lowest BCUT2D eigenvalue weighted by Gasteiger charge is -2.26. The number of fused-ring (bicyclic) bond motifs is 1. The maximum Gasteiger partial charge on any atom is 0.342 e. The van der Waals surface area contributed by atoms with Crippen LogP contribution in [0.3, 0.4) is 0 Å². The number of carbonyl (C=O) groups excluding carboxylic acids is 2. The molecule has 0 saturated carbocycles. The Labute approximate surface area is 204 Å². The van der Waals surface area contributed by atoms with E-state index >= 15 is 0 Å². The van der Waals surface area contributed by atoms with Crippen LogP contribution in [0.5, 0.6) is 11.5 Å². The molecule has 0 spiro atoms. The topological polar surface area (TPSA) is 108 Å². The average molecular weight is 491 g/mol. The number of phenolic OH excluding ortho intramolecular Hbond substituents is 2. The van der Waals surface area contributed by atoms with Crippen molar-refractivity contribution in [2.45, 2.75) is 39.0 Å². The number of esters is 1. The number of ether oxygens (including phenoxy) is 1. The third kappa shape index (κ3) is 7.01. The number of hydrogen-bond donors (Lipinski definition) is 3. The zero-order valence-electron chi connectivity index (χ0n) is 19.3. The molecular weight excluding hydrogens is 460 g/mol. The number of allylic oxidation sites excluding steroid dienone is 3. The number of halogens is 1. The third-order valence-electron chi connectivity index (χ3n) is 5.65. The summed E-state index contributed by atoms with van der Waals surface area (Å²) in [6, 6.07) is 0.998. The molecule has 0 aromatic heterocycles. The maximum absolute atomic E-state index is 12.7. The summed E-state index contributed by atoms with van der Waals surface area (Å²) in [4.78, 5) is 32.4. The summed E-state index contributed by atoms with van der Waals surface area (Å²) in [5, 5.41) is 20.4. The third-order valence-corrected chi connectivity index (χ3v) is 6.04. The number of phenols is 2. The lowest BCUT2D eigenvalue weighted by atomic mass is 10.0. The number of nitrogens with one attached hydrogen (secondary N) is 1. The van der Waals surface area contributed by atoms with E-state index in [9.17, 15) is 19.8 Å². The zero-order chi connectivity index (χ0) is 24.5. The summed E-state index contributed by atoms with van der Waals surface area (Å²) in [7, 11) is 0. The Balaban J connectivity index is 1.88. The van der Waals surface area contributed by atoms with Gasteiger partial charge in [0.25, 0.3) is 5.91 Å². The lowest BCUT2D eigenvalue weighted by Crippen LogP contribution is -2.39. The number of likely N-dealkylation sites (tertiary alicyclic amines) is 1. The molecule has 1 saturated heterocycles. The Morgan fingerprint density at radius 3 is 2.76 bits per heavy atom. The minimum atomic E-state index is -0.770. The van der Waals surface area contributed by atoms with Crippen LogP contribution in [0.15, 0.2) is 36.1 Å². The largest absolute Gasteiger partial charge is 0.507 e. The molecule has 1 aromatic carbocycles. The van der Waals surface area contributed by atoms with Crippen LogP contribution in [0.1, 0.15) is 54.9 Å². The van der Waals surface area contributed by atoms with Gasteiger partial charge >= 0.3 is 5.97 Å². The molecule has 1 atom stereocenters. The fraction of sp³-hybridized carbons (Fsp3) is 0.440. The van der Waals surface area contributed by atoms with E-state index in [1.807, 2.05) is 18.2 Å². The zero-order valence-corrected chi connectivity index (χ0v) is 20.0. The molecule has 3 rings (SSSR count). The van der Waals surface area contributed by atoms with Gasteiger partial charge in [-0.25, -0.2) is 4.79 Å². The van der Waals surface area contributed by atoms with E-state index in [2.05, 4.69) is 12.4 Å². The van der Waals surface area contributed by atoms with Crippen LogP contribution in [-0.2, 0) is 14.4 Å². The number of cyclic esters (lactones) is 1. The van der Waals surface area contributed by atoms with Crippen molar-refractivity contribution in [2.75, 3.05) is 26.3 Å². The van der Waals surface area contributed by atoms with Crippen LogP contribution in [0, 0.1) is 5.92 Å². The SMILES string of the molecule is CC1C=CCCOC(=O)c2c(O)cc(O)c(Cl)c2/C=C(NOCC(=O)N2CCCCC2)/C=C/C1. The molecule has 34 heavy (non-hydrogen) atoms. The molecule has 0 radical (unpaired) electrons. The first-order valence-corrected chi connectivity index (χ1v) is 11.9. The van der Waals surface area contributed by atoms with Crippen molar-refractivity contribution in [2.24, 2.45) is 5.92 Å². The lowest BCUT2D eigenvalue weighted by molar-refractivity contribution is -0.139. The summed E-state index contributed by atoms with van der Waals surface area (Å²) in [5.41, 5.74) is 3.02. The van der Waals surface area contributed by atoms with Crippen LogP contribution in [0.4, 0.5) is 0 Å². The van der Waals surface area contributed by atoms with Gasteiger partial charge in [0.2, 0.25) is 0 Å². The molecular formula is C25H31ClN2O6. The Kier molecular flexibility index (Phi) is 9.42. The van der Waals surface area contributed by atoms with Crippen molar-refractivity contribution < 1.29 is 29.4 Å². The number of aromatic hydroxyl groups is 2. The second-order valence-corrected chi connectivity index (χ2v) is 8.80. The molecule has 1 fully saturated rings. The van der Waals surface area contributed by atoms with Gasteiger partial charge in [0, 0.05) is 24.7 Å². The van der Waals surface area contributed by atoms with E-state index in [1.54, 1.807) is 11.0 Å². The highest BCUT2D eigenvalue weighted by Gasteiger charge is 2.23. The second kappa shape index (κ2) is 12.5. The van der Waals surface area contributed by atoms with Crippen molar-refractivity contribution in [3.05, 3.63) is 52.2 Å². The molecule has 0 bridgehead atoms. The molecule has 2 aliphatic rings. The van der Waals surface area contributed by atoms with Gasteiger partial charge in [-0.1, -0.05) is 36.8 Å². The quantitative estimate of drug-likeness (QED) is 0.327. The van der Waals surface area contributed by atoms with E-state index < -0.39 is 11.7 Å². The van der Waals surface area contributed by atoms with Gasteiger partial charge in [0.15, 0.2) is 6.61 Å². The predicted octanol–water partition coefficient (Wildman–Crippen LogP) is 4.32. The summed E-state index contributed by atoms with van der Waals surface area (Å²) in [5.74, 6) is -1.48. The molecule has 8 nitrogen and oxygen atoms in total. The van der Waals surface area contributed by atoms with Gasteiger partial charge in [0.05, 0.1) is 17.3 Å². The van der Waals surface area contributed by atoms with Crippen molar-refractivity contribution >= 4 is 29.6 Å². The molecule has 2 aliphatic heterocycles. The van der Waals surface area contributed by atoms with Gasteiger partial charge in [-0.3, -0.25) is 15.1 Å². The average Bonchev–Trinajstić information content (AvgIpc) is 2.81. The fourth-order valence-corrected chi connectivity index (χ4v) is 4.00. The van der Waals surface area contributed by atoms with Crippen molar-refractivity contribution in [1.29, 1.82) is 0 Å². The minimum Gasteiger partial charge on any atom is -0.507 e. The van der Waals surface area contributed by atoms with E-state index in [0.717, 1.165) is 44.8 Å². The van der Waals surface area contributed by atoms with Crippen molar-refractivity contribution in [1.82, 2.24) is 10.4 Å². The molecule has 9 heteroatoms. The van der Waals surface area contributed by atoms with Gasteiger partial charge in [0.1, 0.15) is 17.1 Å². The van der Waals surface area contributed by atoms with Gasteiger partial charge in [-0.15, -0.1) is 0 Å². The molecule has 1 amide bonds. The molecule has 3 N–H and O–H groups in total. The number of hydrogen-bond acceptors (Lipinski definition) is 7. The fourth-order valence-electron chi connectivity index (χ4n) is 3.79. The van der Waals surface area contributed by atoms with Gasteiger partial charge in [-0.2, -0.15) is 0 Å². The normalized spacial score (nSPS) is 22.1. The van der Waals surface area contributed by atoms with Crippen LogP contribution >= 0.6 is 11.6 Å². The number of nitrogens with zero attached hydrogens (tertiary/aromatic N) is 1. The van der Waals surface area contributed by atoms with Crippen molar-refractivity contribution in [3.8, 4) is 11.5 Å². The van der Waals surface area contributed by atoms with Crippen LogP contribution < -0.4 is 5.48 Å². The summed E-state index contributed by atoms with van der Waals surface area (Å²) in [6.45, 7) is 3.47. The van der Waals surface area contributed by atoms with E-state index in [0.29, 0.717) is 12.1 Å². The first-order chi connectivity index (χ1) is 16.4. The minimum absolute atomic E-state index is 0.0722. The first kappa shape index (κ1) is 25.6. The Hall–Kier alpha value is -2.97. The number of carbonyl (C=O) groups is 2. The predicted molar refractivity (Wildman–Crippen MR) is 129 cm³/mol. The second-order valence-electron chi connectivity index (χ2n) is 8.42. The van der Waals surface area contributed by atoms with E-state index in [-0.39, 0.29) is 46.9 Å². The van der Waals surface area contributed by atoms with Crippen LogP contribution in [0.2, 0.25) is 5.02 Å². The van der Waals surface area contributed by atoms with Crippen LogP contribution in [-0.4, -0.2) is 53.3 Å². The summed E-state index contributed by atoms with van der Waals surface area (Å²) in [6.07, 6.45) is 13.4. The molecule has 1 aromatic rings. The number of rotatable bonds is 4. The van der Waals surface area contributed by atoms with Gasteiger partial charge in [-0.05, 0) is 50.2 Å². The highest BCUT2D eigenvalue weighted by Crippen LogP contribution is 2.38. The van der Waals surface area contributed by atoms with E-state index in [4.69, 9.17) is 21.2 Å². The standard InChI is InChI=1S/C25H31ClN2O6/c1-17-8-3-6-13-33-25(32)23-19(24(26)21(30)15-20(23)29)14-18(10-7-9-17)27-34-16-22(31)28-11-4-2-5-12-28/h3,7-8,10,14-15,17,27,29-30H,2,4-6,9,11-13,16H2,1H3/b8-3?,10-7+,18-14-. The number of hydroxylamine groups is 1. The first-order valence-electron chi connectivity index (χ1n) is 11.5. The highest BCUT2D eigenvalue weighted by atomic mass is 35.5. The Bertz CT molecular complexity index is 982. The Morgan fingerprint density at radius 1 is 1.24 bits per heavy atom. The highest BCUT2D eigenvalue weighted by molar-refractivity contribution is 6.34. The summed E-state index contributed by atoms with van der Waals surface area (Å²) < 4.78 is 5.30. The molecule has 2 heterocycles. The molecule has 1 unspecified atom stereocenters. The monoisotopic (exact) mass is 490 g/mol. The van der Waals surface area contributed by atoms with Crippen LogP contribution in [0.25, 0.3) is 6.08 Å². The maximum atomic E-state index is 12.7. The smallest absolute Gasteiger partial charge is 0.342 e. The summed E-state index contributed by atoms with van der Waals surface area (Å²) >= 11 is 6.30. The molecule has 0 aliphatic carbocycles. The van der Waals surface area contributed by atoms with Gasteiger partial charge < -0.3 is 19.8 Å². The molecule has 184 valence electrons.